The molecule has 0 bridgehead atoms. The minimum absolute atomic E-state index is 0.214. The summed E-state index contributed by atoms with van der Waals surface area (Å²) in [6.45, 7) is 14.9. The molecule has 0 saturated carbocycles. The summed E-state index contributed by atoms with van der Waals surface area (Å²) in [4.78, 5) is 20.3. The van der Waals surface area contributed by atoms with Gasteiger partial charge in [-0.2, -0.15) is 0 Å². The molecule has 0 aliphatic carbocycles. The van der Waals surface area contributed by atoms with Gasteiger partial charge in [0.15, 0.2) is 0 Å². The average molecular weight is 515 g/mol. The number of carboxylic acid groups (broad SMARTS) is 1. The highest BCUT2D eigenvalue weighted by atomic mass is 16.5. The second-order valence-electron chi connectivity index (χ2n) is 9.95. The van der Waals surface area contributed by atoms with Crippen molar-refractivity contribution in [2.45, 2.75) is 54.0 Å². The third-order valence-electron chi connectivity index (χ3n) is 7.73. The van der Waals surface area contributed by atoms with E-state index >= 15 is 0 Å². The number of hydrogen-bond acceptors (Lipinski definition) is 6. The van der Waals surface area contributed by atoms with E-state index in [0.717, 1.165) is 42.1 Å². The van der Waals surface area contributed by atoms with Crippen LogP contribution in [-0.4, -0.2) is 47.3 Å². The maximum atomic E-state index is 11.4. The van der Waals surface area contributed by atoms with Crippen molar-refractivity contribution in [3.8, 4) is 0 Å². The largest absolute Gasteiger partial charge is 0.478 e. The van der Waals surface area contributed by atoms with Gasteiger partial charge in [-0.15, -0.1) is 0 Å². The molecule has 0 atom stereocenters. The summed E-state index contributed by atoms with van der Waals surface area (Å²) in [6.07, 6.45) is 5.59. The Morgan fingerprint density at radius 3 is 2.34 bits per heavy atom. The van der Waals surface area contributed by atoms with Crippen LogP contribution >= 0.6 is 0 Å². The molecule has 7 heteroatoms. The van der Waals surface area contributed by atoms with Crippen molar-refractivity contribution < 1.29 is 14.6 Å². The van der Waals surface area contributed by atoms with Gasteiger partial charge < -0.3 is 20.5 Å². The summed E-state index contributed by atoms with van der Waals surface area (Å²) >= 11 is 0. The second-order valence-corrected chi connectivity index (χ2v) is 9.95. The third kappa shape index (κ3) is 5.95. The van der Waals surface area contributed by atoms with Crippen molar-refractivity contribution in [1.82, 2.24) is 15.3 Å². The standard InChI is InChI=1S/C31H38N4O3/c1-19-20(2)22(4)27(23(5)21(19)3)17-32-11-6-7-14-38-15-13-34-30-26-10-12-33-18-28(26)25-9-8-24(31(36)37)16-29(25)35-30/h8-10,12,16,18,32H,6-7,11,13-15,17H2,1-5H3,(H,34,35)(H,36,37). The number of aromatic nitrogens is 2. The van der Waals surface area contributed by atoms with Crippen LogP contribution in [0.1, 0.15) is 56.6 Å². The fourth-order valence-corrected chi connectivity index (χ4v) is 4.97. The van der Waals surface area contributed by atoms with Gasteiger partial charge in [-0.25, -0.2) is 9.78 Å². The van der Waals surface area contributed by atoms with Crippen LogP contribution in [0.25, 0.3) is 21.7 Å². The highest BCUT2D eigenvalue weighted by molar-refractivity contribution is 6.10. The van der Waals surface area contributed by atoms with Crippen molar-refractivity contribution in [3.63, 3.8) is 0 Å². The first-order chi connectivity index (χ1) is 18.3. The predicted molar refractivity (Wildman–Crippen MR) is 154 cm³/mol. The number of unbranched alkanes of at least 4 members (excludes halogenated alkanes) is 1. The molecule has 200 valence electrons. The van der Waals surface area contributed by atoms with E-state index in [2.05, 4.69) is 50.2 Å². The Bertz CT molecular complexity index is 1440. The molecule has 0 unspecified atom stereocenters. The Morgan fingerprint density at radius 2 is 1.61 bits per heavy atom. The molecule has 0 aliphatic heterocycles. The number of aromatic carboxylic acids is 1. The number of benzene rings is 2. The van der Waals surface area contributed by atoms with Crippen LogP contribution in [0.15, 0.2) is 36.7 Å². The van der Waals surface area contributed by atoms with Crippen molar-refractivity contribution in [1.29, 1.82) is 0 Å². The molecule has 3 N–H and O–H groups in total. The van der Waals surface area contributed by atoms with Gasteiger partial charge in [0.2, 0.25) is 0 Å². The lowest BCUT2D eigenvalue weighted by Gasteiger charge is -2.19. The molecule has 4 aromatic rings. The minimum Gasteiger partial charge on any atom is -0.478 e. The normalized spacial score (nSPS) is 11.4. The van der Waals surface area contributed by atoms with Gasteiger partial charge in [0.25, 0.3) is 0 Å². The summed E-state index contributed by atoms with van der Waals surface area (Å²) < 4.78 is 5.85. The molecule has 2 aromatic carbocycles. The molecule has 2 aromatic heterocycles. The summed E-state index contributed by atoms with van der Waals surface area (Å²) in [5, 5.41) is 19.1. The number of carbonyl (C=O) groups is 1. The number of ether oxygens (including phenoxy) is 1. The number of hydrogen-bond donors (Lipinski definition) is 3. The highest BCUT2D eigenvalue weighted by Crippen LogP contribution is 2.29. The maximum absolute atomic E-state index is 11.4. The quantitative estimate of drug-likeness (QED) is 0.157. The number of carboxylic acids is 1. The van der Waals surface area contributed by atoms with Crippen LogP contribution < -0.4 is 10.6 Å². The molecular formula is C31H38N4O3. The molecule has 0 saturated heterocycles. The molecule has 0 spiro atoms. The first-order valence-electron chi connectivity index (χ1n) is 13.3. The Kier molecular flexibility index (Phi) is 8.92. The van der Waals surface area contributed by atoms with Crippen LogP contribution in [0.4, 0.5) is 5.82 Å². The van der Waals surface area contributed by atoms with E-state index in [4.69, 9.17) is 9.72 Å². The van der Waals surface area contributed by atoms with Crippen LogP contribution in [0, 0.1) is 34.6 Å². The van der Waals surface area contributed by atoms with E-state index in [0.29, 0.717) is 31.1 Å². The van der Waals surface area contributed by atoms with Gasteiger partial charge >= 0.3 is 5.97 Å². The lowest BCUT2D eigenvalue weighted by Crippen LogP contribution is -2.18. The molecule has 0 radical (unpaired) electrons. The van der Waals surface area contributed by atoms with E-state index in [1.165, 1.54) is 33.4 Å². The van der Waals surface area contributed by atoms with Crippen LogP contribution in [-0.2, 0) is 11.3 Å². The Labute approximate surface area is 224 Å². The maximum Gasteiger partial charge on any atom is 0.335 e. The third-order valence-corrected chi connectivity index (χ3v) is 7.73. The molecule has 0 fully saturated rings. The predicted octanol–water partition coefficient (Wildman–Crippen LogP) is 6.02. The highest BCUT2D eigenvalue weighted by Gasteiger charge is 2.12. The molecule has 38 heavy (non-hydrogen) atoms. The number of nitrogens with zero attached hydrogens (tertiary/aromatic N) is 2. The molecule has 2 heterocycles. The SMILES string of the molecule is Cc1c(C)c(C)c(CNCCCCOCCNc2nc3cc(C(=O)O)ccc3c3cnccc23)c(C)c1C. The smallest absolute Gasteiger partial charge is 0.335 e. The fourth-order valence-electron chi connectivity index (χ4n) is 4.97. The first kappa shape index (κ1) is 27.5. The lowest BCUT2D eigenvalue weighted by molar-refractivity contribution is 0.0697. The van der Waals surface area contributed by atoms with Gasteiger partial charge in [0.05, 0.1) is 17.7 Å². The summed E-state index contributed by atoms with van der Waals surface area (Å²) in [5.41, 5.74) is 9.29. The average Bonchev–Trinajstić information content (AvgIpc) is 2.93. The zero-order valence-corrected chi connectivity index (χ0v) is 23.1. The van der Waals surface area contributed by atoms with E-state index in [-0.39, 0.29) is 5.56 Å². The van der Waals surface area contributed by atoms with Gasteiger partial charge in [-0.1, -0.05) is 6.07 Å². The van der Waals surface area contributed by atoms with Crippen LogP contribution in [0.5, 0.6) is 0 Å². The summed E-state index contributed by atoms with van der Waals surface area (Å²) in [5.74, 6) is -0.263. The number of fused-ring (bicyclic) bond motifs is 3. The van der Waals surface area contributed by atoms with Crippen molar-refractivity contribution >= 4 is 33.5 Å². The van der Waals surface area contributed by atoms with Crippen LogP contribution in [0.3, 0.4) is 0 Å². The first-order valence-corrected chi connectivity index (χ1v) is 13.3. The van der Waals surface area contributed by atoms with Crippen LogP contribution in [0.2, 0.25) is 0 Å². The molecule has 0 aliphatic rings. The Balaban J connectivity index is 1.22. The molecular weight excluding hydrogens is 476 g/mol. The number of rotatable bonds is 12. The molecule has 0 amide bonds. The van der Waals surface area contributed by atoms with E-state index in [1.54, 1.807) is 30.6 Å². The van der Waals surface area contributed by atoms with Crippen molar-refractivity contribution in [2.24, 2.45) is 0 Å². The summed E-state index contributed by atoms with van der Waals surface area (Å²) in [7, 11) is 0. The zero-order valence-electron chi connectivity index (χ0n) is 23.1. The molecule has 4 rings (SSSR count). The minimum atomic E-state index is -0.969. The van der Waals surface area contributed by atoms with E-state index in [9.17, 15) is 9.90 Å². The fraction of sp³-hybridized carbons (Fsp3) is 0.387. The lowest BCUT2D eigenvalue weighted by atomic mass is 9.89. The molecule has 7 nitrogen and oxygen atoms in total. The van der Waals surface area contributed by atoms with Gasteiger partial charge in [-0.3, -0.25) is 4.98 Å². The summed E-state index contributed by atoms with van der Waals surface area (Å²) in [6, 6.07) is 6.92. The number of pyridine rings is 2. The van der Waals surface area contributed by atoms with E-state index < -0.39 is 5.97 Å². The Morgan fingerprint density at radius 1 is 0.868 bits per heavy atom. The van der Waals surface area contributed by atoms with Crippen molar-refractivity contribution in [3.05, 3.63) is 75.6 Å². The Hall–Kier alpha value is -3.55. The van der Waals surface area contributed by atoms with Gasteiger partial charge in [0.1, 0.15) is 5.82 Å². The van der Waals surface area contributed by atoms with Gasteiger partial charge in [0, 0.05) is 48.2 Å². The monoisotopic (exact) mass is 514 g/mol. The van der Waals surface area contributed by atoms with E-state index in [1.807, 2.05) is 6.07 Å². The van der Waals surface area contributed by atoms with Crippen molar-refractivity contribution in [2.75, 3.05) is 31.6 Å². The van der Waals surface area contributed by atoms with Gasteiger partial charge in [-0.05, 0) is 106 Å². The zero-order chi connectivity index (χ0) is 27.2. The number of nitrogens with one attached hydrogen (secondary N) is 2. The second kappa shape index (κ2) is 12.3. The topological polar surface area (TPSA) is 96.4 Å². The number of anilines is 1.